The van der Waals surface area contributed by atoms with E-state index in [1.807, 2.05) is 42.2 Å². The Morgan fingerprint density at radius 1 is 1.29 bits per heavy atom. The monoisotopic (exact) mass is 230 g/mol. The van der Waals surface area contributed by atoms with E-state index >= 15 is 0 Å². The third-order valence-electron chi connectivity index (χ3n) is 2.92. The van der Waals surface area contributed by atoms with Crippen LogP contribution in [0.5, 0.6) is 0 Å². The standard InChI is InChI=1S/C14H18N2O/c1-3-9-16(4-2)14(17)13-10-11-7-5-6-8-12(11)15-13/h5-8,10,15H,3-4,9H2,1-2H3. The van der Waals surface area contributed by atoms with E-state index in [1.54, 1.807) is 0 Å². The van der Waals surface area contributed by atoms with Crippen LogP contribution in [0.2, 0.25) is 0 Å². The van der Waals surface area contributed by atoms with E-state index in [0.29, 0.717) is 5.69 Å². The van der Waals surface area contributed by atoms with Gasteiger partial charge in [0.25, 0.3) is 5.91 Å². The fourth-order valence-electron chi connectivity index (χ4n) is 2.03. The van der Waals surface area contributed by atoms with Gasteiger partial charge in [-0.1, -0.05) is 25.1 Å². The van der Waals surface area contributed by atoms with Gasteiger partial charge in [-0.15, -0.1) is 0 Å². The van der Waals surface area contributed by atoms with Crippen molar-refractivity contribution >= 4 is 16.8 Å². The Morgan fingerprint density at radius 2 is 2.06 bits per heavy atom. The van der Waals surface area contributed by atoms with Crippen molar-refractivity contribution in [2.24, 2.45) is 0 Å². The summed E-state index contributed by atoms with van der Waals surface area (Å²) in [5.41, 5.74) is 1.70. The Kier molecular flexibility index (Phi) is 3.47. The van der Waals surface area contributed by atoms with Crippen molar-refractivity contribution in [3.8, 4) is 0 Å². The van der Waals surface area contributed by atoms with Gasteiger partial charge in [0, 0.05) is 24.0 Å². The van der Waals surface area contributed by atoms with E-state index in [4.69, 9.17) is 0 Å². The quantitative estimate of drug-likeness (QED) is 0.861. The van der Waals surface area contributed by atoms with Crippen molar-refractivity contribution in [3.05, 3.63) is 36.0 Å². The van der Waals surface area contributed by atoms with Crippen molar-refractivity contribution in [2.45, 2.75) is 20.3 Å². The molecule has 1 amide bonds. The van der Waals surface area contributed by atoms with Gasteiger partial charge in [-0.3, -0.25) is 4.79 Å². The summed E-state index contributed by atoms with van der Waals surface area (Å²) in [4.78, 5) is 17.3. The normalized spacial score (nSPS) is 10.7. The summed E-state index contributed by atoms with van der Waals surface area (Å²) >= 11 is 0. The molecule has 1 heterocycles. The molecular formula is C14H18N2O. The number of aromatic nitrogens is 1. The fourth-order valence-corrected chi connectivity index (χ4v) is 2.03. The highest BCUT2D eigenvalue weighted by molar-refractivity contribution is 5.97. The van der Waals surface area contributed by atoms with Crippen LogP contribution in [0.4, 0.5) is 0 Å². The molecule has 0 aliphatic heterocycles. The summed E-state index contributed by atoms with van der Waals surface area (Å²) in [7, 11) is 0. The number of nitrogens with one attached hydrogen (secondary N) is 1. The first-order valence-corrected chi connectivity index (χ1v) is 6.13. The Labute approximate surface area is 101 Å². The van der Waals surface area contributed by atoms with Crippen LogP contribution < -0.4 is 0 Å². The SMILES string of the molecule is CCCN(CC)C(=O)c1cc2ccccc2[nH]1. The van der Waals surface area contributed by atoms with E-state index in [0.717, 1.165) is 30.4 Å². The molecule has 0 fully saturated rings. The molecule has 0 saturated heterocycles. The highest BCUT2D eigenvalue weighted by Gasteiger charge is 2.15. The molecule has 0 atom stereocenters. The van der Waals surface area contributed by atoms with Gasteiger partial charge in [0.15, 0.2) is 0 Å². The van der Waals surface area contributed by atoms with Gasteiger partial charge < -0.3 is 9.88 Å². The molecule has 0 aliphatic carbocycles. The molecule has 0 spiro atoms. The summed E-state index contributed by atoms with van der Waals surface area (Å²) in [5.74, 6) is 0.0885. The highest BCUT2D eigenvalue weighted by Crippen LogP contribution is 2.16. The second kappa shape index (κ2) is 5.04. The van der Waals surface area contributed by atoms with Gasteiger partial charge in [-0.05, 0) is 25.5 Å². The van der Waals surface area contributed by atoms with Crippen LogP contribution in [0.1, 0.15) is 30.8 Å². The van der Waals surface area contributed by atoms with Crippen LogP contribution in [0.15, 0.2) is 30.3 Å². The summed E-state index contributed by atoms with van der Waals surface area (Å²) in [6, 6.07) is 9.88. The molecule has 1 N–H and O–H groups in total. The number of para-hydroxylation sites is 1. The van der Waals surface area contributed by atoms with Gasteiger partial charge in [0.1, 0.15) is 5.69 Å². The maximum absolute atomic E-state index is 12.2. The van der Waals surface area contributed by atoms with Gasteiger partial charge in [-0.2, -0.15) is 0 Å². The van der Waals surface area contributed by atoms with Gasteiger partial charge in [0.05, 0.1) is 0 Å². The summed E-state index contributed by atoms with van der Waals surface area (Å²) in [6.45, 7) is 5.66. The maximum atomic E-state index is 12.2. The molecule has 3 heteroatoms. The van der Waals surface area contributed by atoms with Gasteiger partial charge in [0.2, 0.25) is 0 Å². The van der Waals surface area contributed by atoms with E-state index < -0.39 is 0 Å². The Hall–Kier alpha value is -1.77. The Morgan fingerprint density at radius 3 is 2.71 bits per heavy atom. The van der Waals surface area contributed by atoms with E-state index in [9.17, 15) is 4.79 Å². The summed E-state index contributed by atoms with van der Waals surface area (Å²) < 4.78 is 0. The van der Waals surface area contributed by atoms with E-state index in [1.165, 1.54) is 0 Å². The number of rotatable bonds is 4. The molecule has 1 aromatic carbocycles. The number of amides is 1. The molecule has 2 aromatic rings. The van der Waals surface area contributed by atoms with Crippen molar-refractivity contribution in [1.82, 2.24) is 9.88 Å². The van der Waals surface area contributed by atoms with E-state index in [-0.39, 0.29) is 5.91 Å². The average molecular weight is 230 g/mol. The minimum atomic E-state index is 0.0885. The number of carbonyl (C=O) groups excluding carboxylic acids is 1. The molecule has 2 rings (SSSR count). The number of aromatic amines is 1. The van der Waals surface area contributed by atoms with Crippen molar-refractivity contribution in [3.63, 3.8) is 0 Å². The fraction of sp³-hybridized carbons (Fsp3) is 0.357. The lowest BCUT2D eigenvalue weighted by Gasteiger charge is -2.18. The second-order valence-electron chi connectivity index (χ2n) is 4.16. The molecular weight excluding hydrogens is 212 g/mol. The Bertz CT molecular complexity index is 483. The van der Waals surface area contributed by atoms with Crippen molar-refractivity contribution < 1.29 is 4.79 Å². The molecule has 1 aromatic heterocycles. The highest BCUT2D eigenvalue weighted by atomic mass is 16.2. The molecule has 0 bridgehead atoms. The number of hydrogen-bond donors (Lipinski definition) is 1. The predicted molar refractivity (Wildman–Crippen MR) is 70.2 cm³/mol. The smallest absolute Gasteiger partial charge is 0.270 e. The molecule has 17 heavy (non-hydrogen) atoms. The minimum absolute atomic E-state index is 0.0885. The van der Waals surface area contributed by atoms with Crippen LogP contribution in [-0.2, 0) is 0 Å². The average Bonchev–Trinajstić information content (AvgIpc) is 2.78. The van der Waals surface area contributed by atoms with Gasteiger partial charge in [-0.25, -0.2) is 0 Å². The zero-order valence-corrected chi connectivity index (χ0v) is 10.4. The van der Waals surface area contributed by atoms with Crippen LogP contribution in [0.25, 0.3) is 10.9 Å². The minimum Gasteiger partial charge on any atom is -0.351 e. The third kappa shape index (κ3) is 2.33. The second-order valence-corrected chi connectivity index (χ2v) is 4.16. The number of carbonyl (C=O) groups is 1. The van der Waals surface area contributed by atoms with Gasteiger partial charge >= 0.3 is 0 Å². The maximum Gasteiger partial charge on any atom is 0.270 e. The molecule has 0 unspecified atom stereocenters. The van der Waals surface area contributed by atoms with Crippen LogP contribution >= 0.6 is 0 Å². The molecule has 0 saturated carbocycles. The van der Waals surface area contributed by atoms with Crippen molar-refractivity contribution in [1.29, 1.82) is 0 Å². The molecule has 0 aliphatic rings. The predicted octanol–water partition coefficient (Wildman–Crippen LogP) is 3.04. The van der Waals surface area contributed by atoms with Crippen LogP contribution in [-0.4, -0.2) is 28.9 Å². The lowest BCUT2D eigenvalue weighted by Crippen LogP contribution is -2.31. The lowest BCUT2D eigenvalue weighted by molar-refractivity contribution is 0.0759. The first kappa shape index (κ1) is 11.7. The van der Waals surface area contributed by atoms with Crippen molar-refractivity contribution in [2.75, 3.05) is 13.1 Å². The number of benzene rings is 1. The first-order chi connectivity index (χ1) is 8.26. The largest absolute Gasteiger partial charge is 0.351 e. The first-order valence-electron chi connectivity index (χ1n) is 6.13. The van der Waals surface area contributed by atoms with Crippen LogP contribution in [0, 0.1) is 0 Å². The number of fused-ring (bicyclic) bond motifs is 1. The molecule has 3 nitrogen and oxygen atoms in total. The zero-order valence-electron chi connectivity index (χ0n) is 10.4. The topological polar surface area (TPSA) is 36.1 Å². The van der Waals surface area contributed by atoms with Crippen LogP contribution in [0.3, 0.4) is 0 Å². The number of H-pyrrole nitrogens is 1. The number of nitrogens with zero attached hydrogens (tertiary/aromatic N) is 1. The third-order valence-corrected chi connectivity index (χ3v) is 2.92. The summed E-state index contributed by atoms with van der Waals surface area (Å²) in [6.07, 6.45) is 0.986. The molecule has 90 valence electrons. The summed E-state index contributed by atoms with van der Waals surface area (Å²) in [5, 5.41) is 1.09. The van der Waals surface area contributed by atoms with E-state index in [2.05, 4.69) is 11.9 Å². The Balaban J connectivity index is 2.29. The molecule has 0 radical (unpaired) electrons. The zero-order chi connectivity index (χ0) is 12.3. The lowest BCUT2D eigenvalue weighted by atomic mass is 10.2. The number of hydrogen-bond acceptors (Lipinski definition) is 1.